The summed E-state index contributed by atoms with van der Waals surface area (Å²) in [5, 5.41) is 5.01. The van der Waals surface area contributed by atoms with Gasteiger partial charge in [-0.15, -0.1) is 0 Å². The molecule has 0 spiro atoms. The van der Waals surface area contributed by atoms with E-state index in [1.54, 1.807) is 11.5 Å². The van der Waals surface area contributed by atoms with E-state index in [-0.39, 0.29) is 10.8 Å². The van der Waals surface area contributed by atoms with Gasteiger partial charge in [0.25, 0.3) is 5.56 Å². The van der Waals surface area contributed by atoms with Crippen molar-refractivity contribution in [2.45, 2.75) is 44.1 Å². The molecule has 0 bridgehead atoms. The number of halogens is 1. The summed E-state index contributed by atoms with van der Waals surface area (Å²) < 4.78 is 7.82. The Hall–Kier alpha value is -1.67. The van der Waals surface area contributed by atoms with Crippen LogP contribution in [0.1, 0.15) is 37.2 Å². The molecule has 2 aromatic heterocycles. The minimum atomic E-state index is -0.0888. The van der Waals surface area contributed by atoms with Gasteiger partial charge in [0.1, 0.15) is 0 Å². The van der Waals surface area contributed by atoms with E-state index in [9.17, 15) is 4.79 Å². The Balaban J connectivity index is 2.07. The van der Waals surface area contributed by atoms with Gasteiger partial charge in [0.05, 0.1) is 16.2 Å². The summed E-state index contributed by atoms with van der Waals surface area (Å²) >= 11 is 4.87. The summed E-state index contributed by atoms with van der Waals surface area (Å²) in [5.74, 6) is 1.13. The first kappa shape index (κ1) is 17.2. The third-order valence-electron chi connectivity index (χ3n) is 3.50. The van der Waals surface area contributed by atoms with E-state index >= 15 is 0 Å². The highest BCUT2D eigenvalue weighted by Crippen LogP contribution is 2.33. The molecule has 0 aliphatic rings. The molecule has 2 heterocycles. The van der Waals surface area contributed by atoms with E-state index in [1.807, 2.05) is 32.0 Å². The van der Waals surface area contributed by atoms with Crippen LogP contribution in [0.15, 0.2) is 37.1 Å². The van der Waals surface area contributed by atoms with Gasteiger partial charge in [-0.3, -0.25) is 9.36 Å². The number of hydrogen-bond donors (Lipinski definition) is 0. The Morgan fingerprint density at radius 3 is 2.83 bits per heavy atom. The van der Waals surface area contributed by atoms with Crippen LogP contribution in [0.5, 0.6) is 0 Å². The van der Waals surface area contributed by atoms with Crippen molar-refractivity contribution >= 4 is 38.6 Å². The summed E-state index contributed by atoms with van der Waals surface area (Å²) in [5.41, 5.74) is 0.659. The van der Waals surface area contributed by atoms with Crippen molar-refractivity contribution in [3.05, 3.63) is 44.7 Å². The zero-order chi connectivity index (χ0) is 17.3. The van der Waals surface area contributed by atoms with Gasteiger partial charge in [-0.05, 0) is 38.5 Å². The number of rotatable bonds is 5. The molecule has 3 aromatic rings. The first-order valence-corrected chi connectivity index (χ1v) is 9.33. The lowest BCUT2D eigenvalue weighted by atomic mass is 10.2. The van der Waals surface area contributed by atoms with E-state index in [0.29, 0.717) is 34.3 Å². The van der Waals surface area contributed by atoms with E-state index < -0.39 is 0 Å². The van der Waals surface area contributed by atoms with Crippen LogP contribution in [0.4, 0.5) is 0 Å². The van der Waals surface area contributed by atoms with Crippen LogP contribution in [0.3, 0.4) is 0 Å². The number of aromatic nitrogens is 4. The standard InChI is InChI=1S/C16H17BrN4O2S/c1-4-7-21-15(22)12-8-11(17)5-6-13(12)19-16(21)24-9(2)14-18-10(3)20-23-14/h5-6,8-9H,4,7H2,1-3H3/t9-/m1/s1. The molecule has 0 amide bonds. The first-order chi connectivity index (χ1) is 11.5. The van der Waals surface area contributed by atoms with Gasteiger partial charge in [0.2, 0.25) is 5.89 Å². The molecule has 0 saturated heterocycles. The average molecular weight is 409 g/mol. The van der Waals surface area contributed by atoms with Crippen LogP contribution in [0.2, 0.25) is 0 Å². The predicted molar refractivity (Wildman–Crippen MR) is 97.3 cm³/mol. The van der Waals surface area contributed by atoms with Crippen molar-refractivity contribution in [2.75, 3.05) is 0 Å². The molecule has 24 heavy (non-hydrogen) atoms. The molecule has 0 radical (unpaired) electrons. The molecule has 126 valence electrons. The number of fused-ring (bicyclic) bond motifs is 1. The highest BCUT2D eigenvalue weighted by atomic mass is 79.9. The second-order valence-electron chi connectivity index (χ2n) is 5.45. The van der Waals surface area contributed by atoms with Crippen molar-refractivity contribution in [1.82, 2.24) is 19.7 Å². The Kier molecular flexibility index (Phi) is 5.05. The molecule has 1 atom stereocenters. The Morgan fingerprint density at radius 2 is 2.17 bits per heavy atom. The maximum absolute atomic E-state index is 12.9. The van der Waals surface area contributed by atoms with Gasteiger partial charge in [0, 0.05) is 11.0 Å². The maximum Gasteiger partial charge on any atom is 0.262 e. The van der Waals surface area contributed by atoms with Crippen LogP contribution in [-0.2, 0) is 6.54 Å². The molecular weight excluding hydrogens is 392 g/mol. The summed E-state index contributed by atoms with van der Waals surface area (Å²) in [6.45, 7) is 6.40. The van der Waals surface area contributed by atoms with Crippen LogP contribution >= 0.6 is 27.7 Å². The Morgan fingerprint density at radius 1 is 1.38 bits per heavy atom. The van der Waals surface area contributed by atoms with E-state index in [1.165, 1.54) is 11.8 Å². The van der Waals surface area contributed by atoms with Gasteiger partial charge >= 0.3 is 0 Å². The molecule has 8 heteroatoms. The lowest BCUT2D eigenvalue weighted by molar-refractivity contribution is 0.376. The van der Waals surface area contributed by atoms with Gasteiger partial charge in [0.15, 0.2) is 11.0 Å². The van der Waals surface area contributed by atoms with Crippen LogP contribution in [0.25, 0.3) is 10.9 Å². The van der Waals surface area contributed by atoms with E-state index in [4.69, 9.17) is 4.52 Å². The van der Waals surface area contributed by atoms with E-state index in [2.05, 4.69) is 31.1 Å². The fraction of sp³-hybridized carbons (Fsp3) is 0.375. The van der Waals surface area contributed by atoms with Crippen molar-refractivity contribution < 1.29 is 4.52 Å². The third kappa shape index (κ3) is 3.39. The fourth-order valence-electron chi connectivity index (χ4n) is 2.37. The molecule has 0 unspecified atom stereocenters. The molecular formula is C16H17BrN4O2S. The molecule has 1 aromatic carbocycles. The zero-order valence-corrected chi connectivity index (χ0v) is 16.0. The molecule has 6 nitrogen and oxygen atoms in total. The quantitative estimate of drug-likeness (QED) is 0.466. The highest BCUT2D eigenvalue weighted by molar-refractivity contribution is 9.10. The largest absolute Gasteiger partial charge is 0.338 e. The summed E-state index contributed by atoms with van der Waals surface area (Å²) in [4.78, 5) is 21.8. The third-order valence-corrected chi connectivity index (χ3v) is 5.07. The van der Waals surface area contributed by atoms with E-state index in [0.717, 1.165) is 10.9 Å². The molecule has 0 saturated carbocycles. The minimum absolute atomic E-state index is 0.0282. The maximum atomic E-state index is 12.9. The first-order valence-electron chi connectivity index (χ1n) is 7.66. The number of benzene rings is 1. The van der Waals surface area contributed by atoms with Crippen molar-refractivity contribution in [3.63, 3.8) is 0 Å². The number of hydrogen-bond acceptors (Lipinski definition) is 6. The molecule has 3 rings (SSSR count). The summed E-state index contributed by atoms with van der Waals surface area (Å²) in [7, 11) is 0. The molecule has 0 fully saturated rings. The van der Waals surface area contributed by atoms with Gasteiger partial charge in [-0.1, -0.05) is 39.8 Å². The molecule has 0 aliphatic heterocycles. The molecule has 0 aliphatic carbocycles. The normalized spacial score (nSPS) is 12.7. The van der Waals surface area contributed by atoms with Crippen molar-refractivity contribution in [2.24, 2.45) is 0 Å². The van der Waals surface area contributed by atoms with Gasteiger partial charge in [-0.25, -0.2) is 4.98 Å². The Labute approximate surface area is 151 Å². The lowest BCUT2D eigenvalue weighted by Crippen LogP contribution is -2.23. The van der Waals surface area contributed by atoms with Crippen LogP contribution < -0.4 is 5.56 Å². The van der Waals surface area contributed by atoms with Crippen LogP contribution in [-0.4, -0.2) is 19.7 Å². The topological polar surface area (TPSA) is 73.8 Å². The second-order valence-corrected chi connectivity index (χ2v) is 7.68. The molecule has 0 N–H and O–H groups in total. The highest BCUT2D eigenvalue weighted by Gasteiger charge is 2.19. The monoisotopic (exact) mass is 408 g/mol. The van der Waals surface area contributed by atoms with Crippen molar-refractivity contribution in [3.8, 4) is 0 Å². The number of aryl methyl sites for hydroxylation is 1. The number of nitrogens with zero attached hydrogens (tertiary/aromatic N) is 4. The van der Waals surface area contributed by atoms with Gasteiger partial charge in [-0.2, -0.15) is 4.98 Å². The smallest absolute Gasteiger partial charge is 0.262 e. The minimum Gasteiger partial charge on any atom is -0.338 e. The number of thioether (sulfide) groups is 1. The average Bonchev–Trinajstić information content (AvgIpc) is 2.98. The SMILES string of the molecule is CCCn1c(S[C@H](C)c2nc(C)no2)nc2ccc(Br)cc2c1=O. The zero-order valence-electron chi connectivity index (χ0n) is 13.6. The predicted octanol–water partition coefficient (Wildman–Crippen LogP) is 4.11. The fourth-order valence-corrected chi connectivity index (χ4v) is 3.70. The summed E-state index contributed by atoms with van der Waals surface area (Å²) in [6.07, 6.45) is 0.850. The lowest BCUT2D eigenvalue weighted by Gasteiger charge is -2.14. The Bertz CT molecular complexity index is 937. The van der Waals surface area contributed by atoms with Gasteiger partial charge < -0.3 is 4.52 Å². The van der Waals surface area contributed by atoms with Crippen LogP contribution in [0, 0.1) is 6.92 Å². The summed E-state index contributed by atoms with van der Waals surface area (Å²) in [6, 6.07) is 5.55. The van der Waals surface area contributed by atoms with Crippen molar-refractivity contribution in [1.29, 1.82) is 0 Å². The second kappa shape index (κ2) is 7.06.